The van der Waals surface area contributed by atoms with E-state index in [2.05, 4.69) is 29.0 Å². The van der Waals surface area contributed by atoms with Gasteiger partial charge in [-0.25, -0.2) is 0 Å². The van der Waals surface area contributed by atoms with Gasteiger partial charge in [0.15, 0.2) is 5.96 Å². The van der Waals surface area contributed by atoms with E-state index in [0.29, 0.717) is 6.61 Å². The summed E-state index contributed by atoms with van der Waals surface area (Å²) in [5.41, 5.74) is 0. The molecule has 2 aliphatic heterocycles. The van der Waals surface area contributed by atoms with E-state index < -0.39 is 0 Å². The number of esters is 1. The van der Waals surface area contributed by atoms with Gasteiger partial charge in [0.05, 0.1) is 12.5 Å². The summed E-state index contributed by atoms with van der Waals surface area (Å²) in [5.74, 6) is 0.870. The molecule has 6 heteroatoms. The average Bonchev–Trinajstić information content (AvgIpc) is 2.68. The van der Waals surface area contributed by atoms with Crippen molar-refractivity contribution in [1.82, 2.24) is 15.1 Å². The van der Waals surface area contributed by atoms with Gasteiger partial charge < -0.3 is 19.9 Å². The van der Waals surface area contributed by atoms with E-state index in [4.69, 9.17) is 9.73 Å². The van der Waals surface area contributed by atoms with E-state index >= 15 is 0 Å². The van der Waals surface area contributed by atoms with Crippen LogP contribution in [0, 0.1) is 5.92 Å². The fourth-order valence-electron chi connectivity index (χ4n) is 4.15. The Bertz CT molecular complexity index is 469. The van der Waals surface area contributed by atoms with E-state index in [1.54, 1.807) is 0 Å². The van der Waals surface area contributed by atoms with Gasteiger partial charge in [0.25, 0.3) is 0 Å². The number of likely N-dealkylation sites (tertiary alicyclic amines) is 2. The lowest BCUT2D eigenvalue weighted by Crippen LogP contribution is -2.48. The molecule has 2 fully saturated rings. The van der Waals surface area contributed by atoms with Crippen molar-refractivity contribution >= 4 is 11.9 Å². The lowest BCUT2D eigenvalue weighted by Gasteiger charge is -2.34. The van der Waals surface area contributed by atoms with Gasteiger partial charge in [0.2, 0.25) is 0 Å². The number of ether oxygens (including phenoxy) is 1. The molecular formula is C21H40N4O2. The van der Waals surface area contributed by atoms with Crippen LogP contribution in [0.15, 0.2) is 4.99 Å². The third kappa shape index (κ3) is 7.32. The molecule has 0 aromatic carbocycles. The molecule has 0 aromatic rings. The molecule has 2 saturated heterocycles. The minimum atomic E-state index is -0.0614. The predicted molar refractivity (Wildman–Crippen MR) is 111 cm³/mol. The van der Waals surface area contributed by atoms with Crippen LogP contribution in [-0.4, -0.2) is 73.6 Å². The number of guanidine groups is 1. The molecule has 6 nitrogen and oxygen atoms in total. The van der Waals surface area contributed by atoms with Crippen LogP contribution in [-0.2, 0) is 9.53 Å². The highest BCUT2D eigenvalue weighted by atomic mass is 16.5. The first-order valence-corrected chi connectivity index (χ1v) is 11.1. The summed E-state index contributed by atoms with van der Waals surface area (Å²) in [5, 5.41) is 3.40. The highest BCUT2D eigenvalue weighted by Crippen LogP contribution is 2.19. The fraction of sp³-hybridized carbons (Fsp3) is 0.905. The van der Waals surface area contributed by atoms with Gasteiger partial charge in [-0.15, -0.1) is 0 Å². The zero-order valence-corrected chi connectivity index (χ0v) is 17.7. The molecule has 1 N–H and O–H groups in total. The highest BCUT2D eigenvalue weighted by Gasteiger charge is 2.28. The third-order valence-corrected chi connectivity index (χ3v) is 5.73. The van der Waals surface area contributed by atoms with Crippen LogP contribution in [0.25, 0.3) is 0 Å². The molecule has 2 rings (SSSR count). The van der Waals surface area contributed by atoms with Gasteiger partial charge in [-0.1, -0.05) is 6.42 Å². The maximum atomic E-state index is 12.1. The third-order valence-electron chi connectivity index (χ3n) is 5.73. The molecule has 27 heavy (non-hydrogen) atoms. The Labute approximate surface area is 165 Å². The zero-order chi connectivity index (χ0) is 19.5. The first kappa shape index (κ1) is 22.0. The number of carbonyl (C=O) groups is 1. The van der Waals surface area contributed by atoms with Crippen molar-refractivity contribution in [2.45, 2.75) is 71.8 Å². The van der Waals surface area contributed by atoms with Crippen molar-refractivity contribution < 1.29 is 9.53 Å². The van der Waals surface area contributed by atoms with Crippen molar-refractivity contribution in [2.24, 2.45) is 10.9 Å². The van der Waals surface area contributed by atoms with Gasteiger partial charge in [-0.2, -0.15) is 0 Å². The predicted octanol–water partition coefficient (Wildman–Crippen LogP) is 2.88. The lowest BCUT2D eigenvalue weighted by molar-refractivity contribution is -0.149. The summed E-state index contributed by atoms with van der Waals surface area (Å²) in [6, 6.07) is 0.743. The van der Waals surface area contributed by atoms with Gasteiger partial charge in [0, 0.05) is 32.2 Å². The standard InChI is InChI=1S/C21H40N4O2/c1-4-22-21(25-16-10-12-19(17-25)20(26)27-5-2)23-13-7-9-15-24-14-8-6-11-18(24)3/h18-19H,4-17H2,1-3H3,(H,22,23). The molecule has 2 atom stereocenters. The van der Waals surface area contributed by atoms with Crippen molar-refractivity contribution in [3.63, 3.8) is 0 Å². The first-order valence-electron chi connectivity index (χ1n) is 11.1. The Morgan fingerprint density at radius 1 is 1.15 bits per heavy atom. The van der Waals surface area contributed by atoms with Crippen molar-refractivity contribution in [1.29, 1.82) is 0 Å². The average molecular weight is 381 g/mol. The smallest absolute Gasteiger partial charge is 0.310 e. The fourth-order valence-corrected chi connectivity index (χ4v) is 4.15. The summed E-state index contributed by atoms with van der Waals surface area (Å²) in [6.45, 7) is 12.6. The lowest BCUT2D eigenvalue weighted by atomic mass is 9.98. The number of unbranched alkanes of at least 4 members (excludes halogenated alkanes) is 1. The Hall–Kier alpha value is -1.30. The summed E-state index contributed by atoms with van der Waals surface area (Å²) in [7, 11) is 0. The van der Waals surface area contributed by atoms with Crippen molar-refractivity contribution in [3.8, 4) is 0 Å². The van der Waals surface area contributed by atoms with Crippen LogP contribution in [0.1, 0.15) is 65.7 Å². The van der Waals surface area contributed by atoms with Crippen molar-refractivity contribution in [2.75, 3.05) is 45.9 Å². The maximum Gasteiger partial charge on any atom is 0.310 e. The van der Waals surface area contributed by atoms with Crippen LogP contribution in [0.2, 0.25) is 0 Å². The summed E-state index contributed by atoms with van der Waals surface area (Å²) >= 11 is 0. The molecule has 0 aromatic heterocycles. The Kier molecular flexibility index (Phi) is 9.95. The number of nitrogens with one attached hydrogen (secondary N) is 1. The van der Waals surface area contributed by atoms with E-state index in [-0.39, 0.29) is 11.9 Å². The molecule has 0 amide bonds. The monoisotopic (exact) mass is 380 g/mol. The number of carbonyl (C=O) groups excluding carboxylic acids is 1. The van der Waals surface area contributed by atoms with Crippen LogP contribution in [0.3, 0.4) is 0 Å². The minimum absolute atomic E-state index is 0.0249. The number of aliphatic imine (C=N–C) groups is 1. The summed E-state index contributed by atoms with van der Waals surface area (Å²) in [4.78, 5) is 21.8. The van der Waals surface area contributed by atoms with Gasteiger partial charge in [0.1, 0.15) is 0 Å². The number of piperidine rings is 2. The van der Waals surface area contributed by atoms with E-state index in [1.165, 1.54) is 38.8 Å². The quantitative estimate of drug-likeness (QED) is 0.304. The number of rotatable bonds is 8. The molecule has 2 heterocycles. The SMILES string of the molecule is CCNC(=NCCCCN1CCCCC1C)N1CCCC(C(=O)OCC)C1. The Morgan fingerprint density at radius 3 is 2.74 bits per heavy atom. The van der Waals surface area contributed by atoms with Gasteiger partial charge >= 0.3 is 5.97 Å². The van der Waals surface area contributed by atoms with Crippen molar-refractivity contribution in [3.05, 3.63) is 0 Å². The Morgan fingerprint density at radius 2 is 2.00 bits per heavy atom. The number of hydrogen-bond donors (Lipinski definition) is 1. The summed E-state index contributed by atoms with van der Waals surface area (Å²) in [6.07, 6.45) is 8.34. The second kappa shape index (κ2) is 12.2. The van der Waals surface area contributed by atoms with Crippen LogP contribution < -0.4 is 5.32 Å². The second-order valence-electron chi connectivity index (χ2n) is 7.86. The maximum absolute atomic E-state index is 12.1. The molecule has 0 bridgehead atoms. The first-order chi connectivity index (χ1) is 13.2. The second-order valence-corrected chi connectivity index (χ2v) is 7.86. The zero-order valence-electron chi connectivity index (χ0n) is 17.7. The largest absolute Gasteiger partial charge is 0.466 e. The molecule has 0 radical (unpaired) electrons. The Balaban J connectivity index is 1.78. The van der Waals surface area contributed by atoms with Gasteiger partial charge in [-0.3, -0.25) is 9.79 Å². The molecule has 156 valence electrons. The normalized spacial score (nSPS) is 24.7. The van der Waals surface area contributed by atoms with Crippen LogP contribution >= 0.6 is 0 Å². The molecular weight excluding hydrogens is 340 g/mol. The van der Waals surface area contributed by atoms with Crippen LogP contribution in [0.5, 0.6) is 0 Å². The number of hydrogen-bond acceptors (Lipinski definition) is 4. The van der Waals surface area contributed by atoms with Gasteiger partial charge in [-0.05, 0) is 72.4 Å². The molecule has 2 unspecified atom stereocenters. The molecule has 0 saturated carbocycles. The number of nitrogens with zero attached hydrogens (tertiary/aromatic N) is 3. The molecule has 0 aliphatic carbocycles. The summed E-state index contributed by atoms with van der Waals surface area (Å²) < 4.78 is 5.22. The highest BCUT2D eigenvalue weighted by molar-refractivity contribution is 5.81. The van der Waals surface area contributed by atoms with E-state index in [1.807, 2.05) is 6.92 Å². The minimum Gasteiger partial charge on any atom is -0.466 e. The topological polar surface area (TPSA) is 57.2 Å². The molecule has 0 spiro atoms. The van der Waals surface area contributed by atoms with E-state index in [0.717, 1.165) is 57.4 Å². The van der Waals surface area contributed by atoms with Crippen LogP contribution in [0.4, 0.5) is 0 Å². The van der Waals surface area contributed by atoms with E-state index in [9.17, 15) is 4.79 Å². The molecule has 2 aliphatic rings.